The number of carbonyl (C=O) groups excluding carboxylic acids is 2. The molecule has 0 aliphatic rings. The van der Waals surface area contributed by atoms with Crippen molar-refractivity contribution in [2.75, 3.05) is 17.7 Å². The van der Waals surface area contributed by atoms with Crippen molar-refractivity contribution < 1.29 is 18.7 Å². The molecule has 150 valence electrons. The maximum Gasteiger partial charge on any atom is 0.293 e. The predicted molar refractivity (Wildman–Crippen MR) is 116 cm³/mol. The summed E-state index contributed by atoms with van der Waals surface area (Å²) in [6.07, 6.45) is 0.156. The van der Waals surface area contributed by atoms with Gasteiger partial charge in [-0.15, -0.1) is 0 Å². The van der Waals surface area contributed by atoms with Crippen molar-refractivity contribution in [3.63, 3.8) is 0 Å². The van der Waals surface area contributed by atoms with Crippen LogP contribution in [0, 0.1) is 0 Å². The molecular weight excluding hydrogens is 380 g/mol. The Labute approximate surface area is 173 Å². The van der Waals surface area contributed by atoms with E-state index in [4.69, 9.17) is 9.15 Å². The molecule has 0 bridgehead atoms. The first-order valence-electron chi connectivity index (χ1n) is 9.45. The normalized spacial score (nSPS) is 10.6. The van der Waals surface area contributed by atoms with Gasteiger partial charge >= 0.3 is 0 Å². The molecule has 0 aliphatic carbocycles. The lowest BCUT2D eigenvalue weighted by Gasteiger charge is -2.08. The smallest absolute Gasteiger partial charge is 0.293 e. The van der Waals surface area contributed by atoms with Crippen LogP contribution < -0.4 is 15.4 Å². The van der Waals surface area contributed by atoms with Crippen molar-refractivity contribution in [2.24, 2.45) is 0 Å². The number of anilines is 2. The van der Waals surface area contributed by atoms with E-state index < -0.39 is 5.91 Å². The van der Waals surface area contributed by atoms with Gasteiger partial charge in [0.15, 0.2) is 0 Å². The van der Waals surface area contributed by atoms with Gasteiger partial charge in [0.2, 0.25) is 11.7 Å². The first-order valence-corrected chi connectivity index (χ1v) is 9.45. The number of furan rings is 1. The highest BCUT2D eigenvalue weighted by molar-refractivity contribution is 6.14. The Kier molecular flexibility index (Phi) is 5.48. The average Bonchev–Trinajstić information content (AvgIpc) is 3.13. The summed E-state index contributed by atoms with van der Waals surface area (Å²) in [5.41, 5.74) is 2.35. The van der Waals surface area contributed by atoms with Crippen LogP contribution in [-0.2, 0) is 11.2 Å². The lowest BCUT2D eigenvalue weighted by Crippen LogP contribution is -2.18. The third kappa shape index (κ3) is 4.17. The van der Waals surface area contributed by atoms with Crippen molar-refractivity contribution in [1.82, 2.24) is 0 Å². The standard InChI is InChI=1S/C24H20N2O4/c1-29-18-13-11-16(12-14-18)15-21(27)26-22-19-9-5-6-10-20(19)30-23(22)24(28)25-17-7-3-2-4-8-17/h2-14H,15H2,1H3,(H,25,28)(H,26,27). The van der Waals surface area contributed by atoms with E-state index in [0.717, 1.165) is 11.3 Å². The number of nitrogens with one attached hydrogen (secondary N) is 2. The van der Waals surface area contributed by atoms with Crippen molar-refractivity contribution >= 4 is 34.2 Å². The highest BCUT2D eigenvalue weighted by atomic mass is 16.5. The van der Waals surface area contributed by atoms with Crippen LogP contribution in [0.3, 0.4) is 0 Å². The van der Waals surface area contributed by atoms with Crippen LogP contribution in [0.2, 0.25) is 0 Å². The van der Waals surface area contributed by atoms with Crippen LogP contribution in [0.4, 0.5) is 11.4 Å². The highest BCUT2D eigenvalue weighted by Gasteiger charge is 2.22. The largest absolute Gasteiger partial charge is 0.497 e. The van der Waals surface area contributed by atoms with Gasteiger partial charge in [0.1, 0.15) is 17.0 Å². The molecule has 0 aliphatic heterocycles. The summed E-state index contributed by atoms with van der Waals surface area (Å²) in [5.74, 6) is 0.0978. The fourth-order valence-electron chi connectivity index (χ4n) is 3.15. The maximum absolute atomic E-state index is 12.8. The molecule has 1 aromatic heterocycles. The number of rotatable bonds is 6. The van der Waals surface area contributed by atoms with Gasteiger partial charge in [-0.2, -0.15) is 0 Å². The fraction of sp³-hybridized carbons (Fsp3) is 0.0833. The molecule has 4 aromatic rings. The highest BCUT2D eigenvalue weighted by Crippen LogP contribution is 2.31. The number of carbonyl (C=O) groups is 2. The molecule has 0 saturated carbocycles. The van der Waals surface area contributed by atoms with Crippen LogP contribution in [0.1, 0.15) is 16.1 Å². The Hall–Kier alpha value is -4.06. The molecule has 0 saturated heterocycles. The van der Waals surface area contributed by atoms with E-state index in [1.54, 1.807) is 43.5 Å². The van der Waals surface area contributed by atoms with Crippen LogP contribution in [-0.4, -0.2) is 18.9 Å². The first-order chi connectivity index (χ1) is 14.6. The van der Waals surface area contributed by atoms with Crippen molar-refractivity contribution in [1.29, 1.82) is 0 Å². The third-order valence-corrected chi connectivity index (χ3v) is 4.62. The minimum atomic E-state index is -0.433. The van der Waals surface area contributed by atoms with Gasteiger partial charge in [0.25, 0.3) is 5.91 Å². The van der Waals surface area contributed by atoms with Gasteiger partial charge in [-0.1, -0.05) is 42.5 Å². The van der Waals surface area contributed by atoms with Crippen molar-refractivity contribution in [2.45, 2.75) is 6.42 Å². The van der Waals surface area contributed by atoms with E-state index in [1.165, 1.54) is 0 Å². The lowest BCUT2D eigenvalue weighted by atomic mass is 10.1. The fourth-order valence-corrected chi connectivity index (χ4v) is 3.15. The molecule has 0 radical (unpaired) electrons. The number of hydrogen-bond donors (Lipinski definition) is 2. The molecule has 4 rings (SSSR count). The van der Waals surface area contributed by atoms with E-state index in [9.17, 15) is 9.59 Å². The van der Waals surface area contributed by atoms with Gasteiger partial charge in [-0.05, 0) is 42.0 Å². The summed E-state index contributed by atoms with van der Waals surface area (Å²) in [7, 11) is 1.59. The zero-order valence-corrected chi connectivity index (χ0v) is 16.3. The van der Waals surface area contributed by atoms with E-state index >= 15 is 0 Å². The monoisotopic (exact) mass is 400 g/mol. The van der Waals surface area contributed by atoms with Gasteiger partial charge in [0, 0.05) is 11.1 Å². The molecule has 3 aromatic carbocycles. The van der Waals surface area contributed by atoms with Gasteiger partial charge in [-0.3, -0.25) is 9.59 Å². The number of fused-ring (bicyclic) bond motifs is 1. The van der Waals surface area contributed by atoms with Gasteiger partial charge < -0.3 is 19.8 Å². The summed E-state index contributed by atoms with van der Waals surface area (Å²) in [6, 6.07) is 23.5. The van der Waals surface area contributed by atoms with E-state index in [0.29, 0.717) is 22.3 Å². The number of methoxy groups -OCH3 is 1. The molecule has 2 N–H and O–H groups in total. The number of amides is 2. The van der Waals surface area contributed by atoms with E-state index in [1.807, 2.05) is 42.5 Å². The quantitative estimate of drug-likeness (QED) is 0.484. The summed E-state index contributed by atoms with van der Waals surface area (Å²) in [4.78, 5) is 25.5. The van der Waals surface area contributed by atoms with Crippen LogP contribution in [0.25, 0.3) is 11.0 Å². The Morgan fingerprint density at radius 2 is 1.57 bits per heavy atom. The van der Waals surface area contributed by atoms with Gasteiger partial charge in [-0.25, -0.2) is 0 Å². The Bertz CT molecular complexity index is 1180. The second kappa shape index (κ2) is 8.53. The topological polar surface area (TPSA) is 80.6 Å². The Morgan fingerprint density at radius 3 is 2.30 bits per heavy atom. The van der Waals surface area contributed by atoms with Crippen LogP contribution in [0.15, 0.2) is 83.3 Å². The molecule has 6 nitrogen and oxygen atoms in total. The minimum absolute atomic E-state index is 0.0585. The Morgan fingerprint density at radius 1 is 0.867 bits per heavy atom. The summed E-state index contributed by atoms with van der Waals surface area (Å²) >= 11 is 0. The zero-order valence-electron chi connectivity index (χ0n) is 16.3. The number of ether oxygens (including phenoxy) is 1. The molecule has 2 amide bonds. The maximum atomic E-state index is 12.8. The number of benzene rings is 3. The average molecular weight is 400 g/mol. The third-order valence-electron chi connectivity index (χ3n) is 4.62. The summed E-state index contributed by atoms with van der Waals surface area (Å²) in [5, 5.41) is 6.32. The first kappa shape index (κ1) is 19.3. The molecule has 0 spiro atoms. The second-order valence-corrected chi connectivity index (χ2v) is 6.70. The second-order valence-electron chi connectivity index (χ2n) is 6.70. The molecule has 0 unspecified atom stereocenters. The number of hydrogen-bond acceptors (Lipinski definition) is 4. The number of para-hydroxylation sites is 2. The predicted octanol–water partition coefficient (Wildman–Crippen LogP) is 4.87. The lowest BCUT2D eigenvalue weighted by molar-refractivity contribution is -0.115. The van der Waals surface area contributed by atoms with Crippen LogP contribution in [0.5, 0.6) is 5.75 Å². The molecule has 30 heavy (non-hydrogen) atoms. The summed E-state index contributed by atoms with van der Waals surface area (Å²) < 4.78 is 10.9. The molecular formula is C24H20N2O4. The molecule has 0 fully saturated rings. The Balaban J connectivity index is 1.59. The molecule has 6 heteroatoms. The molecule has 1 heterocycles. The summed E-state index contributed by atoms with van der Waals surface area (Å²) in [6.45, 7) is 0. The van der Waals surface area contributed by atoms with E-state index in [-0.39, 0.29) is 18.1 Å². The zero-order chi connectivity index (χ0) is 20.9. The SMILES string of the molecule is COc1ccc(CC(=O)Nc2c(C(=O)Nc3ccccc3)oc3ccccc23)cc1. The van der Waals surface area contributed by atoms with Crippen LogP contribution >= 0.6 is 0 Å². The van der Waals surface area contributed by atoms with E-state index in [2.05, 4.69) is 10.6 Å². The minimum Gasteiger partial charge on any atom is -0.497 e. The van der Waals surface area contributed by atoms with Crippen molar-refractivity contribution in [3.05, 3.63) is 90.2 Å². The van der Waals surface area contributed by atoms with Gasteiger partial charge in [0.05, 0.1) is 13.5 Å². The van der Waals surface area contributed by atoms with Crippen molar-refractivity contribution in [3.8, 4) is 5.75 Å². The molecule has 0 atom stereocenters.